The molecule has 1 amide bonds. The number of piperidine rings is 1. The SMILES string of the molecule is CCOC(=O)N1CCC(Oc2cccc(N)c2)CC1. The zero-order valence-corrected chi connectivity index (χ0v) is 11.2. The lowest BCUT2D eigenvalue weighted by molar-refractivity contribution is 0.0704. The highest BCUT2D eigenvalue weighted by molar-refractivity contribution is 5.67. The number of benzene rings is 1. The van der Waals surface area contributed by atoms with Crippen molar-refractivity contribution in [2.24, 2.45) is 0 Å². The maximum atomic E-state index is 11.6. The number of likely N-dealkylation sites (tertiary alicyclic amines) is 1. The van der Waals surface area contributed by atoms with Gasteiger partial charge < -0.3 is 20.1 Å². The molecule has 104 valence electrons. The van der Waals surface area contributed by atoms with E-state index in [2.05, 4.69) is 0 Å². The first kappa shape index (κ1) is 13.5. The third kappa shape index (κ3) is 3.77. The third-order valence-electron chi connectivity index (χ3n) is 3.13. The van der Waals surface area contributed by atoms with Crippen LogP contribution in [0.1, 0.15) is 19.8 Å². The summed E-state index contributed by atoms with van der Waals surface area (Å²) in [5, 5.41) is 0. The van der Waals surface area contributed by atoms with Crippen molar-refractivity contribution in [3.05, 3.63) is 24.3 Å². The van der Waals surface area contributed by atoms with Gasteiger partial charge in [-0.1, -0.05) is 6.07 Å². The summed E-state index contributed by atoms with van der Waals surface area (Å²) >= 11 is 0. The molecule has 19 heavy (non-hydrogen) atoms. The molecule has 5 heteroatoms. The summed E-state index contributed by atoms with van der Waals surface area (Å²) in [5.41, 5.74) is 6.41. The summed E-state index contributed by atoms with van der Waals surface area (Å²) in [5.74, 6) is 0.787. The molecule has 1 heterocycles. The average Bonchev–Trinajstić information content (AvgIpc) is 2.40. The van der Waals surface area contributed by atoms with Crippen LogP contribution in [0.25, 0.3) is 0 Å². The predicted octanol–water partition coefficient (Wildman–Crippen LogP) is 2.27. The highest BCUT2D eigenvalue weighted by atomic mass is 16.6. The Balaban J connectivity index is 1.82. The minimum atomic E-state index is -0.232. The smallest absolute Gasteiger partial charge is 0.409 e. The fourth-order valence-corrected chi connectivity index (χ4v) is 2.15. The van der Waals surface area contributed by atoms with Crippen LogP contribution in [0.2, 0.25) is 0 Å². The molecule has 1 aromatic rings. The van der Waals surface area contributed by atoms with Crippen LogP contribution in [0.15, 0.2) is 24.3 Å². The van der Waals surface area contributed by atoms with E-state index < -0.39 is 0 Å². The van der Waals surface area contributed by atoms with Crippen molar-refractivity contribution in [2.45, 2.75) is 25.9 Å². The number of hydrogen-bond donors (Lipinski definition) is 1. The van der Waals surface area contributed by atoms with Crippen molar-refractivity contribution < 1.29 is 14.3 Å². The predicted molar refractivity (Wildman–Crippen MR) is 73.1 cm³/mol. The number of nitrogens with two attached hydrogens (primary N) is 1. The number of amides is 1. The van der Waals surface area contributed by atoms with Gasteiger partial charge in [-0.3, -0.25) is 0 Å². The monoisotopic (exact) mass is 264 g/mol. The Labute approximate surface area is 113 Å². The molecule has 1 fully saturated rings. The molecule has 2 N–H and O–H groups in total. The highest BCUT2D eigenvalue weighted by Crippen LogP contribution is 2.21. The van der Waals surface area contributed by atoms with E-state index in [0.717, 1.165) is 18.6 Å². The number of nitrogen functional groups attached to an aromatic ring is 1. The van der Waals surface area contributed by atoms with Gasteiger partial charge in [-0.05, 0) is 19.1 Å². The second kappa shape index (κ2) is 6.31. The quantitative estimate of drug-likeness (QED) is 0.850. The van der Waals surface area contributed by atoms with Crippen molar-refractivity contribution in [1.29, 1.82) is 0 Å². The number of ether oxygens (including phenoxy) is 2. The molecule has 0 saturated carbocycles. The zero-order valence-electron chi connectivity index (χ0n) is 11.2. The summed E-state index contributed by atoms with van der Waals surface area (Å²) in [6.45, 7) is 3.57. The Morgan fingerprint density at radius 2 is 2.16 bits per heavy atom. The normalized spacial score (nSPS) is 16.2. The lowest BCUT2D eigenvalue weighted by Crippen LogP contribution is -2.42. The zero-order chi connectivity index (χ0) is 13.7. The Morgan fingerprint density at radius 1 is 1.42 bits per heavy atom. The van der Waals surface area contributed by atoms with Crippen molar-refractivity contribution in [1.82, 2.24) is 4.90 Å². The van der Waals surface area contributed by atoms with Gasteiger partial charge in [-0.25, -0.2) is 4.79 Å². The van der Waals surface area contributed by atoms with E-state index in [1.54, 1.807) is 4.90 Å². The first-order valence-electron chi connectivity index (χ1n) is 6.63. The number of nitrogens with zero attached hydrogens (tertiary/aromatic N) is 1. The first-order valence-corrected chi connectivity index (χ1v) is 6.63. The van der Waals surface area contributed by atoms with E-state index >= 15 is 0 Å². The van der Waals surface area contributed by atoms with Gasteiger partial charge >= 0.3 is 6.09 Å². The lowest BCUT2D eigenvalue weighted by Gasteiger charge is -2.31. The fourth-order valence-electron chi connectivity index (χ4n) is 2.15. The number of hydrogen-bond acceptors (Lipinski definition) is 4. The third-order valence-corrected chi connectivity index (χ3v) is 3.13. The van der Waals surface area contributed by atoms with Gasteiger partial charge in [0.25, 0.3) is 0 Å². The van der Waals surface area contributed by atoms with Gasteiger partial charge in [0.05, 0.1) is 6.61 Å². The van der Waals surface area contributed by atoms with Gasteiger partial charge in [0.15, 0.2) is 0 Å². The number of rotatable bonds is 3. The Kier molecular flexibility index (Phi) is 4.49. The number of carbonyl (C=O) groups excluding carboxylic acids is 1. The van der Waals surface area contributed by atoms with E-state index in [-0.39, 0.29) is 12.2 Å². The molecule has 1 saturated heterocycles. The molecule has 1 aliphatic rings. The Morgan fingerprint density at radius 3 is 2.79 bits per heavy atom. The molecule has 0 spiro atoms. The molecular formula is C14H20N2O3. The van der Waals surface area contributed by atoms with Gasteiger partial charge in [0, 0.05) is 37.7 Å². The molecule has 0 unspecified atom stereocenters. The highest BCUT2D eigenvalue weighted by Gasteiger charge is 2.24. The molecule has 2 rings (SSSR count). The number of anilines is 1. The summed E-state index contributed by atoms with van der Waals surface area (Å²) in [7, 11) is 0. The van der Waals surface area contributed by atoms with E-state index in [0.29, 0.717) is 25.4 Å². The van der Waals surface area contributed by atoms with Crippen molar-refractivity contribution in [2.75, 3.05) is 25.4 Å². The van der Waals surface area contributed by atoms with Crippen LogP contribution in [0.5, 0.6) is 5.75 Å². The van der Waals surface area contributed by atoms with Crippen molar-refractivity contribution in [3.63, 3.8) is 0 Å². The molecule has 0 aliphatic carbocycles. The summed E-state index contributed by atoms with van der Waals surface area (Å²) in [6, 6.07) is 7.42. The van der Waals surface area contributed by atoms with Crippen LogP contribution in [0, 0.1) is 0 Å². The molecule has 5 nitrogen and oxygen atoms in total. The standard InChI is InChI=1S/C14H20N2O3/c1-2-18-14(17)16-8-6-12(7-9-16)19-13-5-3-4-11(15)10-13/h3-5,10,12H,2,6-9,15H2,1H3. The van der Waals surface area contributed by atoms with Crippen LogP contribution in [0.3, 0.4) is 0 Å². The molecule has 0 aromatic heterocycles. The van der Waals surface area contributed by atoms with E-state index in [9.17, 15) is 4.79 Å². The molecule has 1 aromatic carbocycles. The fraction of sp³-hybridized carbons (Fsp3) is 0.500. The molecule has 0 bridgehead atoms. The average molecular weight is 264 g/mol. The Bertz CT molecular complexity index is 428. The van der Waals surface area contributed by atoms with Crippen LogP contribution < -0.4 is 10.5 Å². The molecule has 1 aliphatic heterocycles. The van der Waals surface area contributed by atoms with Gasteiger partial charge in [0.1, 0.15) is 11.9 Å². The maximum absolute atomic E-state index is 11.6. The molecule has 0 atom stereocenters. The topological polar surface area (TPSA) is 64.8 Å². The van der Waals surface area contributed by atoms with Gasteiger partial charge in [0.2, 0.25) is 0 Å². The second-order valence-electron chi connectivity index (χ2n) is 4.58. The maximum Gasteiger partial charge on any atom is 0.409 e. The van der Waals surface area contributed by atoms with Gasteiger partial charge in [-0.2, -0.15) is 0 Å². The first-order chi connectivity index (χ1) is 9.19. The van der Waals surface area contributed by atoms with Gasteiger partial charge in [-0.15, -0.1) is 0 Å². The van der Waals surface area contributed by atoms with E-state index in [4.69, 9.17) is 15.2 Å². The van der Waals surface area contributed by atoms with Crippen LogP contribution >= 0.6 is 0 Å². The molecular weight excluding hydrogens is 244 g/mol. The minimum Gasteiger partial charge on any atom is -0.490 e. The van der Waals surface area contributed by atoms with Crippen LogP contribution in [0.4, 0.5) is 10.5 Å². The molecule has 0 radical (unpaired) electrons. The number of carbonyl (C=O) groups is 1. The van der Waals surface area contributed by atoms with Crippen molar-refractivity contribution >= 4 is 11.8 Å². The largest absolute Gasteiger partial charge is 0.490 e. The van der Waals surface area contributed by atoms with E-state index in [1.165, 1.54) is 0 Å². The minimum absolute atomic E-state index is 0.132. The van der Waals surface area contributed by atoms with Crippen molar-refractivity contribution in [3.8, 4) is 5.75 Å². The summed E-state index contributed by atoms with van der Waals surface area (Å²) in [6.07, 6.45) is 1.53. The summed E-state index contributed by atoms with van der Waals surface area (Å²) in [4.78, 5) is 13.3. The second-order valence-corrected chi connectivity index (χ2v) is 4.58. The lowest BCUT2D eigenvalue weighted by atomic mass is 10.1. The van der Waals surface area contributed by atoms with E-state index in [1.807, 2.05) is 31.2 Å². The Hall–Kier alpha value is -1.91. The summed E-state index contributed by atoms with van der Waals surface area (Å²) < 4.78 is 10.8. The van der Waals surface area contributed by atoms with Crippen LogP contribution in [-0.2, 0) is 4.74 Å². The van der Waals surface area contributed by atoms with Crippen LogP contribution in [-0.4, -0.2) is 36.8 Å².